The molecule has 1 aromatic carbocycles. The lowest BCUT2D eigenvalue weighted by molar-refractivity contribution is -0.414. The maximum absolute atomic E-state index is 11.1. The Morgan fingerprint density at radius 1 is 1.46 bits per heavy atom. The number of esters is 1. The molecule has 1 rings (SSSR count). The van der Waals surface area contributed by atoms with Crippen LogP contribution in [-0.2, 0) is 9.53 Å². The van der Waals surface area contributed by atoms with Gasteiger partial charge in [-0.15, -0.1) is 0 Å². The van der Waals surface area contributed by atoms with Crippen LogP contribution in [0.1, 0.15) is 11.6 Å². The number of hydrogen-bond donors (Lipinski definition) is 1. The fourth-order valence-corrected chi connectivity index (χ4v) is 1.10. The van der Waals surface area contributed by atoms with E-state index in [0.29, 0.717) is 5.02 Å². The molecule has 0 radical (unpaired) electrons. The second-order valence-electron chi connectivity index (χ2n) is 2.63. The molecule has 0 heterocycles. The van der Waals surface area contributed by atoms with E-state index < -0.39 is 6.04 Å². The largest absolute Gasteiger partial charge is 0.464 e. The zero-order valence-corrected chi connectivity index (χ0v) is 8.04. The number of hydrogen-bond acceptors (Lipinski definition) is 2. The van der Waals surface area contributed by atoms with E-state index in [4.69, 9.17) is 11.6 Å². The van der Waals surface area contributed by atoms with Crippen LogP contribution in [0.5, 0.6) is 0 Å². The summed E-state index contributed by atoms with van der Waals surface area (Å²) in [4.78, 5) is 11.1. The Balaban J connectivity index is 2.83. The fourth-order valence-electron chi connectivity index (χ4n) is 0.973. The first-order valence-corrected chi connectivity index (χ1v) is 4.19. The topological polar surface area (TPSA) is 53.9 Å². The Kier molecular flexibility index (Phi) is 3.28. The van der Waals surface area contributed by atoms with E-state index in [1.165, 1.54) is 7.11 Å². The Labute approximate surface area is 81.4 Å². The number of rotatable bonds is 2. The van der Waals surface area contributed by atoms with Gasteiger partial charge in [0, 0.05) is 10.6 Å². The number of carbonyl (C=O) groups is 1. The molecule has 13 heavy (non-hydrogen) atoms. The van der Waals surface area contributed by atoms with Crippen LogP contribution in [0, 0.1) is 0 Å². The standard InChI is InChI=1S/C9H10ClNO2/c1-13-9(12)8(11)6-2-4-7(10)5-3-6/h2-5,8H,11H2,1H3/p+1. The third-order valence-corrected chi connectivity index (χ3v) is 2.01. The van der Waals surface area contributed by atoms with Crippen molar-refractivity contribution < 1.29 is 15.3 Å². The van der Waals surface area contributed by atoms with Gasteiger partial charge in [0.15, 0.2) is 0 Å². The molecule has 1 unspecified atom stereocenters. The van der Waals surface area contributed by atoms with Crippen molar-refractivity contribution in [2.24, 2.45) is 0 Å². The highest BCUT2D eigenvalue weighted by molar-refractivity contribution is 6.30. The van der Waals surface area contributed by atoms with E-state index in [2.05, 4.69) is 10.5 Å². The van der Waals surface area contributed by atoms with Crippen LogP contribution in [0.15, 0.2) is 24.3 Å². The quantitative estimate of drug-likeness (QED) is 0.718. The van der Waals surface area contributed by atoms with Gasteiger partial charge in [0.05, 0.1) is 7.11 Å². The minimum Gasteiger partial charge on any atom is -0.464 e. The zero-order chi connectivity index (χ0) is 9.84. The molecule has 0 aromatic heterocycles. The van der Waals surface area contributed by atoms with E-state index in [1.807, 2.05) is 0 Å². The number of carbonyl (C=O) groups excluding carboxylic acids is 1. The molecule has 0 saturated heterocycles. The summed E-state index contributed by atoms with van der Waals surface area (Å²) in [6.07, 6.45) is 0. The van der Waals surface area contributed by atoms with E-state index in [0.717, 1.165) is 5.56 Å². The van der Waals surface area contributed by atoms with Crippen molar-refractivity contribution in [1.29, 1.82) is 0 Å². The van der Waals surface area contributed by atoms with Crippen LogP contribution in [0.25, 0.3) is 0 Å². The van der Waals surface area contributed by atoms with Crippen LogP contribution in [0.4, 0.5) is 0 Å². The number of halogens is 1. The second kappa shape index (κ2) is 4.25. The van der Waals surface area contributed by atoms with Crippen LogP contribution < -0.4 is 5.73 Å². The van der Waals surface area contributed by atoms with Gasteiger partial charge < -0.3 is 10.5 Å². The van der Waals surface area contributed by atoms with Gasteiger partial charge in [-0.3, -0.25) is 0 Å². The molecule has 0 bridgehead atoms. The Morgan fingerprint density at radius 3 is 2.46 bits per heavy atom. The summed E-state index contributed by atoms with van der Waals surface area (Å²) in [5.41, 5.74) is 4.49. The highest BCUT2D eigenvalue weighted by atomic mass is 35.5. The van der Waals surface area contributed by atoms with Crippen molar-refractivity contribution in [2.75, 3.05) is 7.11 Å². The number of benzene rings is 1. The summed E-state index contributed by atoms with van der Waals surface area (Å²) in [6.45, 7) is 0. The summed E-state index contributed by atoms with van der Waals surface area (Å²) in [5, 5.41) is 0.640. The summed E-state index contributed by atoms with van der Waals surface area (Å²) in [5.74, 6) is -0.345. The van der Waals surface area contributed by atoms with Gasteiger partial charge in [0.25, 0.3) is 0 Å². The second-order valence-corrected chi connectivity index (χ2v) is 3.06. The number of ether oxygens (including phenoxy) is 1. The molecule has 0 aliphatic rings. The molecular formula is C9H11ClNO2+. The first-order chi connectivity index (χ1) is 6.15. The smallest absolute Gasteiger partial charge is 0.369 e. The lowest BCUT2D eigenvalue weighted by Gasteiger charge is -2.05. The van der Waals surface area contributed by atoms with Crippen molar-refractivity contribution >= 4 is 17.6 Å². The molecule has 0 spiro atoms. The molecule has 3 N–H and O–H groups in total. The van der Waals surface area contributed by atoms with Gasteiger partial charge >= 0.3 is 5.97 Å². The maximum atomic E-state index is 11.1. The molecule has 4 heteroatoms. The van der Waals surface area contributed by atoms with Crippen molar-refractivity contribution in [3.63, 3.8) is 0 Å². The van der Waals surface area contributed by atoms with Crippen molar-refractivity contribution in [1.82, 2.24) is 0 Å². The lowest BCUT2D eigenvalue weighted by Crippen LogP contribution is -2.57. The summed E-state index contributed by atoms with van der Waals surface area (Å²) >= 11 is 5.69. The SMILES string of the molecule is COC(=O)C([NH3+])c1ccc(Cl)cc1. The summed E-state index contributed by atoms with van der Waals surface area (Å²) < 4.78 is 4.56. The average Bonchev–Trinajstić information content (AvgIpc) is 2.17. The number of quaternary nitrogens is 1. The van der Waals surface area contributed by atoms with Crippen LogP contribution in [0.3, 0.4) is 0 Å². The molecule has 0 fully saturated rings. The Hall–Kier alpha value is -1.06. The van der Waals surface area contributed by atoms with Gasteiger partial charge in [-0.05, 0) is 12.1 Å². The summed E-state index contributed by atoms with van der Waals surface area (Å²) in [6, 6.07) is 6.48. The van der Waals surface area contributed by atoms with Gasteiger partial charge in [-0.2, -0.15) is 0 Å². The average molecular weight is 201 g/mol. The van der Waals surface area contributed by atoms with Crippen molar-refractivity contribution in [3.8, 4) is 0 Å². The normalized spacial score (nSPS) is 12.2. The zero-order valence-electron chi connectivity index (χ0n) is 7.29. The van der Waals surface area contributed by atoms with Crippen molar-refractivity contribution in [3.05, 3.63) is 34.9 Å². The van der Waals surface area contributed by atoms with Gasteiger partial charge in [0.1, 0.15) is 0 Å². The molecule has 1 atom stereocenters. The van der Waals surface area contributed by atoms with Gasteiger partial charge in [0.2, 0.25) is 6.04 Å². The molecule has 0 saturated carbocycles. The molecule has 3 nitrogen and oxygen atoms in total. The predicted octanol–water partition coefficient (Wildman–Crippen LogP) is 0.796. The van der Waals surface area contributed by atoms with Crippen LogP contribution in [-0.4, -0.2) is 13.1 Å². The first kappa shape index (κ1) is 10.0. The fraction of sp³-hybridized carbons (Fsp3) is 0.222. The lowest BCUT2D eigenvalue weighted by atomic mass is 10.1. The highest BCUT2D eigenvalue weighted by Gasteiger charge is 2.19. The molecule has 0 aliphatic carbocycles. The van der Waals surface area contributed by atoms with E-state index in [1.54, 1.807) is 24.3 Å². The molecular weight excluding hydrogens is 190 g/mol. The minimum absolute atomic E-state index is 0.345. The molecule has 70 valence electrons. The Morgan fingerprint density at radius 2 is 2.00 bits per heavy atom. The number of methoxy groups -OCH3 is 1. The first-order valence-electron chi connectivity index (χ1n) is 3.81. The van der Waals surface area contributed by atoms with E-state index in [-0.39, 0.29) is 5.97 Å². The van der Waals surface area contributed by atoms with Gasteiger partial charge in [-0.25, -0.2) is 4.79 Å². The summed E-state index contributed by atoms with van der Waals surface area (Å²) in [7, 11) is 1.34. The third-order valence-electron chi connectivity index (χ3n) is 1.76. The van der Waals surface area contributed by atoms with E-state index >= 15 is 0 Å². The maximum Gasteiger partial charge on any atom is 0.369 e. The van der Waals surface area contributed by atoms with Gasteiger partial charge in [-0.1, -0.05) is 23.7 Å². The van der Waals surface area contributed by atoms with Crippen LogP contribution in [0.2, 0.25) is 5.02 Å². The van der Waals surface area contributed by atoms with E-state index in [9.17, 15) is 4.79 Å². The highest BCUT2D eigenvalue weighted by Crippen LogP contribution is 2.14. The molecule has 0 amide bonds. The predicted molar refractivity (Wildman–Crippen MR) is 49.1 cm³/mol. The third kappa shape index (κ3) is 2.44. The van der Waals surface area contributed by atoms with Crippen molar-refractivity contribution in [2.45, 2.75) is 6.04 Å². The molecule has 0 aliphatic heterocycles. The monoisotopic (exact) mass is 200 g/mol. The van der Waals surface area contributed by atoms with Crippen LogP contribution >= 0.6 is 11.6 Å². The minimum atomic E-state index is -0.484. The Bertz CT molecular complexity index is 297. The molecule has 1 aromatic rings.